The zero-order chi connectivity index (χ0) is 51.0. The summed E-state index contributed by atoms with van der Waals surface area (Å²) in [6.45, 7) is 10.2. The third-order valence-electron chi connectivity index (χ3n) is 14.0. The molecule has 3 atom stereocenters. The highest BCUT2D eigenvalue weighted by Gasteiger charge is 2.39. The highest BCUT2D eigenvalue weighted by Crippen LogP contribution is 2.25. The van der Waals surface area contributed by atoms with E-state index in [9.17, 15) is 28.8 Å². The Kier molecular flexibility index (Phi) is 36.7. The standard InChI is InChI=1S/C57H101N3O10/c1-6-10-13-16-19-20-24-28-35-46(9-4)68-50(61)39-32-27-33-42-60-45-48(70-52(63)40-41-59-54-53(58-5)55(64)56(54)65)44-49(60)57(66)67-43-34-26-21-25-31-38-51(62)69-47(36-29-22-17-14-11-7-2)37-30-23-18-15-12-8-3/h46-49,58-59H,6-45H2,1-5H3/t46?,48?,49-/m0/s1. The van der Waals surface area contributed by atoms with Crippen molar-refractivity contribution in [1.29, 1.82) is 0 Å². The lowest BCUT2D eigenvalue weighted by atomic mass is 10.0. The van der Waals surface area contributed by atoms with Crippen LogP contribution in [0.5, 0.6) is 0 Å². The molecule has 404 valence electrons. The maximum atomic E-state index is 13.5. The third kappa shape index (κ3) is 28.5. The lowest BCUT2D eigenvalue weighted by Gasteiger charge is -2.22. The average molecular weight is 988 g/mol. The van der Waals surface area contributed by atoms with Gasteiger partial charge in [0.15, 0.2) is 0 Å². The molecule has 0 spiro atoms. The van der Waals surface area contributed by atoms with Gasteiger partial charge in [-0.2, -0.15) is 0 Å². The summed E-state index contributed by atoms with van der Waals surface area (Å²) in [6.07, 6.45) is 35.7. The Morgan fingerprint density at radius 1 is 0.543 bits per heavy atom. The number of ether oxygens (including phenoxy) is 4. The molecule has 1 heterocycles. The second-order valence-electron chi connectivity index (χ2n) is 20.2. The quantitative estimate of drug-likeness (QED) is 0.0274. The minimum absolute atomic E-state index is 0.0120. The average Bonchev–Trinajstić information content (AvgIpc) is 3.75. The highest BCUT2D eigenvalue weighted by atomic mass is 16.6. The summed E-state index contributed by atoms with van der Waals surface area (Å²) < 4.78 is 23.5. The van der Waals surface area contributed by atoms with Gasteiger partial charge in [0, 0.05) is 39.4 Å². The van der Waals surface area contributed by atoms with Crippen LogP contribution >= 0.6 is 0 Å². The largest absolute Gasteiger partial charge is 0.465 e. The Balaban J connectivity index is 1.77. The first-order valence-corrected chi connectivity index (χ1v) is 28.8. The fourth-order valence-corrected chi connectivity index (χ4v) is 9.61. The van der Waals surface area contributed by atoms with Crippen molar-refractivity contribution in [3.63, 3.8) is 0 Å². The second-order valence-corrected chi connectivity index (χ2v) is 20.2. The van der Waals surface area contributed by atoms with Crippen LogP contribution in [0.15, 0.2) is 9.59 Å². The van der Waals surface area contributed by atoms with Crippen molar-refractivity contribution in [3.05, 3.63) is 20.4 Å². The fraction of sp³-hybridized carbons (Fsp3) is 0.860. The van der Waals surface area contributed by atoms with Gasteiger partial charge in [-0.3, -0.25) is 33.7 Å². The predicted octanol–water partition coefficient (Wildman–Crippen LogP) is 12.8. The van der Waals surface area contributed by atoms with Gasteiger partial charge in [-0.05, 0) is 77.2 Å². The number of carbonyl (C=O) groups excluding carboxylic acids is 4. The molecule has 13 nitrogen and oxygen atoms in total. The van der Waals surface area contributed by atoms with Crippen molar-refractivity contribution in [2.75, 3.05) is 43.9 Å². The Bertz CT molecular complexity index is 1580. The van der Waals surface area contributed by atoms with Crippen LogP contribution in [0.25, 0.3) is 0 Å². The molecule has 2 N–H and O–H groups in total. The van der Waals surface area contributed by atoms with Crippen molar-refractivity contribution in [1.82, 2.24) is 4.90 Å². The number of nitrogens with one attached hydrogen (secondary N) is 2. The highest BCUT2D eigenvalue weighted by molar-refractivity contribution is 5.77. The zero-order valence-electron chi connectivity index (χ0n) is 45.1. The van der Waals surface area contributed by atoms with Crippen LogP contribution in [-0.2, 0) is 38.1 Å². The molecule has 1 aromatic rings. The predicted molar refractivity (Wildman–Crippen MR) is 284 cm³/mol. The first-order chi connectivity index (χ1) is 34.1. The maximum absolute atomic E-state index is 13.5. The van der Waals surface area contributed by atoms with Crippen molar-refractivity contribution in [2.45, 2.75) is 283 Å². The molecule has 1 aliphatic heterocycles. The van der Waals surface area contributed by atoms with Crippen molar-refractivity contribution in [3.8, 4) is 0 Å². The molecular weight excluding hydrogens is 887 g/mol. The minimum atomic E-state index is -0.611. The Hall–Kier alpha value is -3.48. The number of unbranched alkanes of at least 4 members (excludes halogenated alkanes) is 23. The van der Waals surface area contributed by atoms with E-state index in [4.69, 9.17) is 18.9 Å². The molecule has 2 rings (SSSR count). The summed E-state index contributed by atoms with van der Waals surface area (Å²) in [5.41, 5.74) is -0.811. The van der Waals surface area contributed by atoms with E-state index in [2.05, 4.69) is 38.3 Å². The maximum Gasteiger partial charge on any atom is 0.323 e. The lowest BCUT2D eigenvalue weighted by molar-refractivity contribution is -0.151. The van der Waals surface area contributed by atoms with Gasteiger partial charge in [-0.1, -0.05) is 163 Å². The number of rotatable bonds is 47. The van der Waals surface area contributed by atoms with Crippen LogP contribution in [0.3, 0.4) is 0 Å². The van der Waals surface area contributed by atoms with Gasteiger partial charge in [0.1, 0.15) is 35.7 Å². The van der Waals surface area contributed by atoms with Gasteiger partial charge in [-0.15, -0.1) is 0 Å². The molecule has 0 amide bonds. The second kappa shape index (κ2) is 41.0. The third-order valence-corrected chi connectivity index (χ3v) is 14.0. The number of nitrogens with zero attached hydrogens (tertiary/aromatic N) is 1. The Labute approximate surface area is 424 Å². The molecule has 1 saturated heterocycles. The lowest BCUT2D eigenvalue weighted by Crippen LogP contribution is -2.38. The minimum Gasteiger partial charge on any atom is -0.465 e. The van der Waals surface area contributed by atoms with Gasteiger partial charge in [-0.25, -0.2) is 0 Å². The topological polar surface area (TPSA) is 167 Å². The summed E-state index contributed by atoms with van der Waals surface area (Å²) in [7, 11) is 1.56. The summed E-state index contributed by atoms with van der Waals surface area (Å²) in [4.78, 5) is 77.6. The molecule has 0 aromatic heterocycles. The Morgan fingerprint density at radius 3 is 1.53 bits per heavy atom. The monoisotopic (exact) mass is 988 g/mol. The molecule has 0 aliphatic carbocycles. The summed E-state index contributed by atoms with van der Waals surface area (Å²) in [5, 5.41) is 5.57. The molecule has 2 unspecified atom stereocenters. The van der Waals surface area contributed by atoms with Gasteiger partial charge in [0.05, 0.1) is 13.0 Å². The number of esters is 4. The van der Waals surface area contributed by atoms with E-state index in [1.54, 1.807) is 7.05 Å². The number of carbonyl (C=O) groups is 4. The van der Waals surface area contributed by atoms with Crippen LogP contribution in [0, 0.1) is 0 Å². The van der Waals surface area contributed by atoms with Crippen LogP contribution in [0.2, 0.25) is 0 Å². The first-order valence-electron chi connectivity index (χ1n) is 28.8. The summed E-state index contributed by atoms with van der Waals surface area (Å²) in [5.74, 6) is -1.01. The van der Waals surface area contributed by atoms with E-state index in [0.29, 0.717) is 45.4 Å². The zero-order valence-corrected chi connectivity index (χ0v) is 45.1. The van der Waals surface area contributed by atoms with Gasteiger partial charge in [0.25, 0.3) is 10.9 Å². The molecule has 1 aliphatic rings. The van der Waals surface area contributed by atoms with E-state index in [1.807, 2.05) is 4.90 Å². The van der Waals surface area contributed by atoms with Crippen molar-refractivity contribution in [2.24, 2.45) is 0 Å². The van der Waals surface area contributed by atoms with E-state index in [0.717, 1.165) is 89.9 Å². The summed E-state index contributed by atoms with van der Waals surface area (Å²) >= 11 is 0. The van der Waals surface area contributed by atoms with Crippen molar-refractivity contribution >= 4 is 35.3 Å². The normalized spacial score (nSPS) is 15.3. The van der Waals surface area contributed by atoms with Crippen LogP contribution < -0.4 is 21.5 Å². The number of likely N-dealkylation sites (tertiary alicyclic amines) is 1. The van der Waals surface area contributed by atoms with E-state index < -0.39 is 29.0 Å². The van der Waals surface area contributed by atoms with Gasteiger partial charge < -0.3 is 29.6 Å². The number of hydrogen-bond acceptors (Lipinski definition) is 13. The molecular formula is C57H101N3O10. The molecule has 1 aromatic carbocycles. The molecule has 0 radical (unpaired) electrons. The first kappa shape index (κ1) is 62.6. The molecule has 0 bridgehead atoms. The molecule has 1 fully saturated rings. The van der Waals surface area contributed by atoms with Gasteiger partial charge in [0.2, 0.25) is 0 Å². The van der Waals surface area contributed by atoms with Gasteiger partial charge >= 0.3 is 23.9 Å². The van der Waals surface area contributed by atoms with Crippen LogP contribution in [0.4, 0.5) is 11.4 Å². The van der Waals surface area contributed by atoms with E-state index in [-0.39, 0.29) is 54.5 Å². The van der Waals surface area contributed by atoms with Crippen LogP contribution in [-0.4, -0.2) is 86.4 Å². The van der Waals surface area contributed by atoms with E-state index in [1.165, 1.54) is 109 Å². The number of anilines is 2. The molecule has 70 heavy (non-hydrogen) atoms. The summed E-state index contributed by atoms with van der Waals surface area (Å²) in [6, 6.07) is -0.554. The fourth-order valence-electron chi connectivity index (χ4n) is 9.61. The molecule has 13 heteroatoms. The van der Waals surface area contributed by atoms with Crippen molar-refractivity contribution < 1.29 is 38.1 Å². The van der Waals surface area contributed by atoms with Crippen LogP contribution in [0.1, 0.15) is 259 Å². The molecule has 0 saturated carbocycles. The number of hydrogen-bond donors (Lipinski definition) is 2. The smallest absolute Gasteiger partial charge is 0.323 e. The van der Waals surface area contributed by atoms with E-state index >= 15 is 0 Å². The Morgan fingerprint density at radius 2 is 1.00 bits per heavy atom. The SMILES string of the molecule is CCCCCCCCCCC(CC)OC(=O)CCCCCN1CC(OC(=O)CCNc2c(NC)c(=O)c2=O)C[C@H]1C(=O)OCCCCCCCC(=O)OC(CCCCCCCC)CCCCCCCC.